The standard InChI is InChI=1S/C31H54O3Si/c1-5-8-19-35(20-9-6-2,21-10-7-3)34-23-31-18-15-25(32)22-24(31)11-12-26-27-13-14-29(33)30(27,4)17-16-28(26)31/h22,26-29,33H,5-21,23H2,1-4H3/t26-,27-,28+,29?,30-,31+/m0/s1. The van der Waals surface area contributed by atoms with Crippen LogP contribution < -0.4 is 0 Å². The highest BCUT2D eigenvalue weighted by Gasteiger charge is 2.60. The van der Waals surface area contributed by atoms with Gasteiger partial charge in [-0.3, -0.25) is 4.79 Å². The Morgan fingerprint density at radius 3 is 2.20 bits per heavy atom. The quantitative estimate of drug-likeness (QED) is 0.273. The molecule has 0 heterocycles. The zero-order chi connectivity index (χ0) is 25.1. The van der Waals surface area contributed by atoms with Crippen LogP contribution in [-0.2, 0) is 9.22 Å². The van der Waals surface area contributed by atoms with Crippen molar-refractivity contribution in [2.75, 3.05) is 6.61 Å². The number of aliphatic hydroxyl groups is 1. The van der Waals surface area contributed by atoms with E-state index in [1.807, 2.05) is 0 Å². The van der Waals surface area contributed by atoms with Crippen LogP contribution in [0, 0.1) is 28.6 Å². The van der Waals surface area contributed by atoms with E-state index in [1.165, 1.54) is 81.5 Å². The molecule has 6 atom stereocenters. The van der Waals surface area contributed by atoms with Crippen LogP contribution in [0.5, 0.6) is 0 Å². The minimum atomic E-state index is -1.80. The van der Waals surface area contributed by atoms with Crippen molar-refractivity contribution >= 4 is 14.1 Å². The summed E-state index contributed by atoms with van der Waals surface area (Å²) in [5, 5.41) is 10.9. The Hall–Kier alpha value is -0.453. The summed E-state index contributed by atoms with van der Waals surface area (Å²) in [5.74, 6) is 2.32. The number of hydrogen-bond donors (Lipinski definition) is 1. The van der Waals surface area contributed by atoms with Gasteiger partial charge in [0.25, 0.3) is 0 Å². The molecule has 0 amide bonds. The molecule has 1 N–H and O–H groups in total. The van der Waals surface area contributed by atoms with Gasteiger partial charge in [-0.05, 0) is 92.3 Å². The maximum Gasteiger partial charge on any atom is 0.192 e. The number of fused-ring (bicyclic) bond motifs is 5. The van der Waals surface area contributed by atoms with Gasteiger partial charge in [-0.1, -0.05) is 71.8 Å². The molecule has 35 heavy (non-hydrogen) atoms. The molecule has 3 saturated carbocycles. The van der Waals surface area contributed by atoms with Crippen LogP contribution in [-0.4, -0.2) is 31.9 Å². The smallest absolute Gasteiger partial charge is 0.192 e. The Morgan fingerprint density at radius 2 is 1.57 bits per heavy atom. The SMILES string of the molecule is CCCC[Si](CCCC)(CCCC)OC[C@]12CCC(=O)C=C1CC[C@@H]1[C@H]2CC[C@]2(C)C(O)CC[C@@H]12. The molecule has 4 heteroatoms. The van der Waals surface area contributed by atoms with Crippen molar-refractivity contribution in [3.8, 4) is 0 Å². The molecule has 0 saturated heterocycles. The van der Waals surface area contributed by atoms with Crippen LogP contribution in [0.3, 0.4) is 0 Å². The van der Waals surface area contributed by atoms with Crippen LogP contribution in [0.2, 0.25) is 18.1 Å². The van der Waals surface area contributed by atoms with E-state index in [1.54, 1.807) is 0 Å². The summed E-state index contributed by atoms with van der Waals surface area (Å²) in [6, 6.07) is 3.95. The van der Waals surface area contributed by atoms with E-state index < -0.39 is 8.32 Å². The molecule has 0 bridgehead atoms. The van der Waals surface area contributed by atoms with Gasteiger partial charge in [-0.15, -0.1) is 0 Å². The third kappa shape index (κ3) is 5.28. The first kappa shape index (κ1) is 27.6. The summed E-state index contributed by atoms with van der Waals surface area (Å²) in [5.41, 5.74) is 1.63. The monoisotopic (exact) mass is 502 g/mol. The van der Waals surface area contributed by atoms with Crippen LogP contribution in [0.1, 0.15) is 118 Å². The third-order valence-electron chi connectivity index (χ3n) is 11.2. The maximum absolute atomic E-state index is 12.6. The molecule has 0 aromatic rings. The summed E-state index contributed by atoms with van der Waals surface area (Å²) in [6.45, 7) is 10.2. The summed E-state index contributed by atoms with van der Waals surface area (Å²) in [6.07, 6.45) is 18.1. The van der Waals surface area contributed by atoms with Gasteiger partial charge in [0.05, 0.1) is 6.10 Å². The van der Waals surface area contributed by atoms with Gasteiger partial charge in [-0.2, -0.15) is 0 Å². The normalized spacial score (nSPS) is 36.9. The number of rotatable bonds is 12. The zero-order valence-electron chi connectivity index (χ0n) is 23.4. The fourth-order valence-electron chi connectivity index (χ4n) is 8.97. The maximum atomic E-state index is 12.6. The van der Waals surface area contributed by atoms with E-state index in [2.05, 4.69) is 33.8 Å². The van der Waals surface area contributed by atoms with E-state index in [9.17, 15) is 9.90 Å². The number of carbonyl (C=O) groups is 1. The highest BCUT2D eigenvalue weighted by molar-refractivity contribution is 6.73. The first-order valence-electron chi connectivity index (χ1n) is 15.4. The molecule has 4 aliphatic rings. The zero-order valence-corrected chi connectivity index (χ0v) is 24.4. The van der Waals surface area contributed by atoms with Gasteiger partial charge in [0.2, 0.25) is 0 Å². The van der Waals surface area contributed by atoms with Gasteiger partial charge in [0.1, 0.15) is 0 Å². The van der Waals surface area contributed by atoms with Crippen LogP contribution in [0.15, 0.2) is 11.6 Å². The summed E-state index contributed by atoms with van der Waals surface area (Å²) in [4.78, 5) is 12.6. The minimum Gasteiger partial charge on any atom is -0.416 e. The second-order valence-corrected chi connectivity index (χ2v) is 17.3. The lowest BCUT2D eigenvalue weighted by atomic mass is 9.47. The van der Waals surface area contributed by atoms with E-state index in [-0.39, 0.29) is 16.9 Å². The van der Waals surface area contributed by atoms with Gasteiger partial charge >= 0.3 is 0 Å². The predicted octanol–water partition coefficient (Wildman–Crippen LogP) is 8.22. The molecule has 0 spiro atoms. The van der Waals surface area contributed by atoms with Crippen LogP contribution in [0.4, 0.5) is 0 Å². The number of unbranched alkanes of at least 4 members (excludes halogenated alkanes) is 3. The number of aliphatic hydroxyl groups excluding tert-OH is 1. The van der Waals surface area contributed by atoms with Crippen molar-refractivity contribution in [3.63, 3.8) is 0 Å². The molecular weight excluding hydrogens is 448 g/mol. The third-order valence-corrected chi connectivity index (χ3v) is 15.8. The Morgan fingerprint density at radius 1 is 0.914 bits per heavy atom. The lowest BCUT2D eigenvalue weighted by molar-refractivity contribution is -0.119. The second kappa shape index (κ2) is 11.5. The van der Waals surface area contributed by atoms with E-state index in [0.717, 1.165) is 32.3 Å². The summed E-state index contributed by atoms with van der Waals surface area (Å²) < 4.78 is 7.41. The van der Waals surface area contributed by atoms with Gasteiger partial charge in [-0.25, -0.2) is 0 Å². The molecule has 3 nitrogen and oxygen atoms in total. The van der Waals surface area contributed by atoms with Crippen molar-refractivity contribution in [2.24, 2.45) is 28.6 Å². The van der Waals surface area contributed by atoms with Crippen LogP contribution in [0.25, 0.3) is 0 Å². The highest BCUT2D eigenvalue weighted by Crippen LogP contribution is 2.65. The van der Waals surface area contributed by atoms with Crippen LogP contribution >= 0.6 is 0 Å². The second-order valence-electron chi connectivity index (χ2n) is 13.1. The molecule has 4 rings (SSSR count). The molecule has 0 radical (unpaired) electrons. The average molecular weight is 503 g/mol. The highest BCUT2D eigenvalue weighted by atomic mass is 28.4. The van der Waals surface area contributed by atoms with Gasteiger partial charge in [0, 0.05) is 18.4 Å². The van der Waals surface area contributed by atoms with E-state index in [4.69, 9.17) is 4.43 Å². The fraction of sp³-hybridized carbons (Fsp3) is 0.903. The minimum absolute atomic E-state index is 0.0780. The molecular formula is C31H54O3Si. The largest absolute Gasteiger partial charge is 0.416 e. The summed E-state index contributed by atoms with van der Waals surface area (Å²) >= 11 is 0. The first-order valence-corrected chi connectivity index (χ1v) is 17.9. The molecule has 4 aliphatic carbocycles. The Kier molecular flexibility index (Phi) is 9.08. The van der Waals surface area contributed by atoms with E-state index in [0.29, 0.717) is 30.0 Å². The van der Waals surface area contributed by atoms with Gasteiger partial charge < -0.3 is 9.53 Å². The molecule has 3 fully saturated rings. The van der Waals surface area contributed by atoms with Crippen molar-refractivity contribution < 1.29 is 14.3 Å². The number of ketones is 1. The van der Waals surface area contributed by atoms with Crippen molar-refractivity contribution in [1.29, 1.82) is 0 Å². The predicted molar refractivity (Wildman–Crippen MR) is 148 cm³/mol. The molecule has 200 valence electrons. The van der Waals surface area contributed by atoms with E-state index >= 15 is 0 Å². The summed E-state index contributed by atoms with van der Waals surface area (Å²) in [7, 11) is -1.80. The van der Waals surface area contributed by atoms with Crippen molar-refractivity contribution in [1.82, 2.24) is 0 Å². The number of carbonyl (C=O) groups excluding carboxylic acids is 1. The average Bonchev–Trinajstić information content (AvgIpc) is 3.17. The van der Waals surface area contributed by atoms with Gasteiger partial charge in [0.15, 0.2) is 14.1 Å². The first-order chi connectivity index (χ1) is 16.8. The fourth-order valence-corrected chi connectivity index (χ4v) is 13.7. The Labute approximate surface area is 217 Å². The van der Waals surface area contributed by atoms with Crippen molar-refractivity contribution in [2.45, 2.75) is 142 Å². The lowest BCUT2D eigenvalue weighted by Gasteiger charge is -2.59. The number of hydrogen-bond acceptors (Lipinski definition) is 3. The Bertz CT molecular complexity index is 741. The molecule has 1 unspecified atom stereocenters. The van der Waals surface area contributed by atoms with Crippen molar-refractivity contribution in [3.05, 3.63) is 11.6 Å². The molecule has 0 aromatic heterocycles. The topological polar surface area (TPSA) is 46.5 Å². The lowest BCUT2D eigenvalue weighted by Crippen LogP contribution is -2.55. The Balaban J connectivity index is 1.63. The molecule has 0 aromatic carbocycles. The molecule has 0 aliphatic heterocycles.